The van der Waals surface area contributed by atoms with Gasteiger partial charge in [0.05, 0.1) is 27.6 Å². The van der Waals surface area contributed by atoms with Crippen LogP contribution in [0, 0.1) is 0 Å². The van der Waals surface area contributed by atoms with E-state index in [1.165, 1.54) is 6.08 Å². The number of halogens is 4. The number of benzene rings is 1. The first-order valence-electron chi connectivity index (χ1n) is 8.52. The van der Waals surface area contributed by atoms with Crippen molar-refractivity contribution in [2.24, 2.45) is 5.16 Å². The third kappa shape index (κ3) is 7.47. The number of hydrogen-bond donors (Lipinski definition) is 1. The summed E-state index contributed by atoms with van der Waals surface area (Å²) in [4.78, 5) is 8.44. The summed E-state index contributed by atoms with van der Waals surface area (Å²) < 4.78 is 11.3. The maximum absolute atomic E-state index is 6.25. The fourth-order valence-electron chi connectivity index (χ4n) is 1.99. The molecule has 1 aromatic carbocycles. The third-order valence-electron chi connectivity index (χ3n) is 3.61. The summed E-state index contributed by atoms with van der Waals surface area (Å²) in [5.41, 5.74) is 1.63. The lowest BCUT2D eigenvalue weighted by Crippen LogP contribution is -2.01. The van der Waals surface area contributed by atoms with Crippen LogP contribution in [0.2, 0.25) is 10.0 Å². The Kier molecular flexibility index (Phi) is 9.32. The van der Waals surface area contributed by atoms with Crippen molar-refractivity contribution in [1.29, 1.82) is 0 Å². The molecule has 28 heavy (non-hydrogen) atoms. The van der Waals surface area contributed by atoms with Gasteiger partial charge >= 0.3 is 0 Å². The minimum Gasteiger partial charge on any atom is -0.489 e. The molecule has 152 valence electrons. The van der Waals surface area contributed by atoms with Crippen LogP contribution in [-0.4, -0.2) is 23.9 Å². The molecule has 1 atom stereocenters. The molecular formula is C19H20Cl4N2O3. The van der Waals surface area contributed by atoms with Crippen LogP contribution in [0.25, 0.3) is 0 Å². The van der Waals surface area contributed by atoms with Gasteiger partial charge in [-0.15, -0.1) is 0 Å². The summed E-state index contributed by atoms with van der Waals surface area (Å²) in [6, 6.07) is 6.97. The molecule has 2 aromatic rings. The largest absolute Gasteiger partial charge is 0.489 e. The van der Waals surface area contributed by atoms with Gasteiger partial charge < -0.3 is 19.3 Å². The Morgan fingerprint density at radius 3 is 2.54 bits per heavy atom. The molecule has 5 nitrogen and oxygen atoms in total. The predicted molar refractivity (Wildman–Crippen MR) is 115 cm³/mol. The number of oxime groups is 1. The summed E-state index contributed by atoms with van der Waals surface area (Å²) in [5, 5.41) is 4.61. The number of nitrogens with zero attached hydrogens (tertiary/aromatic N) is 1. The van der Waals surface area contributed by atoms with Crippen molar-refractivity contribution >= 4 is 52.6 Å². The van der Waals surface area contributed by atoms with Gasteiger partial charge in [0.15, 0.2) is 5.75 Å². The molecule has 0 aliphatic rings. The van der Waals surface area contributed by atoms with E-state index in [0.717, 1.165) is 17.8 Å². The molecule has 0 spiro atoms. The van der Waals surface area contributed by atoms with E-state index < -0.39 is 0 Å². The number of aromatic nitrogens is 1. The van der Waals surface area contributed by atoms with E-state index in [4.69, 9.17) is 60.7 Å². The van der Waals surface area contributed by atoms with Crippen LogP contribution in [0.4, 0.5) is 0 Å². The lowest BCUT2D eigenvalue weighted by molar-refractivity contribution is 0.0712. The smallest absolute Gasteiger partial charge is 0.157 e. The van der Waals surface area contributed by atoms with E-state index in [9.17, 15) is 0 Å². The second-order valence-electron chi connectivity index (χ2n) is 5.81. The number of hydrogen-bond acceptors (Lipinski definition) is 4. The molecule has 0 aliphatic carbocycles. The van der Waals surface area contributed by atoms with Gasteiger partial charge in [0.25, 0.3) is 0 Å². The van der Waals surface area contributed by atoms with Crippen LogP contribution in [0.1, 0.15) is 31.7 Å². The van der Waals surface area contributed by atoms with Gasteiger partial charge in [0.1, 0.15) is 29.6 Å². The Balaban J connectivity index is 1.94. The van der Waals surface area contributed by atoms with Gasteiger partial charge in [-0.1, -0.05) is 58.5 Å². The number of ether oxygens (including phenoxy) is 2. The number of H-pyrrole nitrogens is 1. The molecular weight excluding hydrogens is 446 g/mol. The van der Waals surface area contributed by atoms with E-state index in [-0.39, 0.29) is 23.8 Å². The molecule has 2 rings (SSSR count). The van der Waals surface area contributed by atoms with Crippen molar-refractivity contribution in [2.45, 2.75) is 33.0 Å². The van der Waals surface area contributed by atoms with Crippen molar-refractivity contribution < 1.29 is 14.3 Å². The van der Waals surface area contributed by atoms with Crippen LogP contribution in [0.5, 0.6) is 11.5 Å². The highest BCUT2D eigenvalue weighted by Crippen LogP contribution is 2.37. The average Bonchev–Trinajstić information content (AvgIpc) is 3.08. The average molecular weight is 466 g/mol. The molecule has 0 fully saturated rings. The normalized spacial score (nSPS) is 12.1. The minimum absolute atomic E-state index is 0.0770. The molecule has 0 radical (unpaired) electrons. The second kappa shape index (κ2) is 11.5. The van der Waals surface area contributed by atoms with Gasteiger partial charge in [-0.25, -0.2) is 0 Å². The summed E-state index contributed by atoms with van der Waals surface area (Å²) >= 11 is 23.6. The number of aromatic amines is 1. The number of rotatable bonds is 10. The minimum atomic E-state index is 0.0770. The zero-order chi connectivity index (χ0) is 20.5. The first-order valence-corrected chi connectivity index (χ1v) is 10.0. The Morgan fingerprint density at radius 2 is 1.89 bits per heavy atom. The van der Waals surface area contributed by atoms with Gasteiger partial charge in [-0.3, -0.25) is 0 Å². The maximum Gasteiger partial charge on any atom is 0.157 e. The first-order chi connectivity index (χ1) is 13.4. The Bertz CT molecular complexity index is 809. The summed E-state index contributed by atoms with van der Waals surface area (Å²) in [6.45, 7) is 4.44. The van der Waals surface area contributed by atoms with Crippen LogP contribution >= 0.6 is 46.4 Å². The van der Waals surface area contributed by atoms with E-state index in [1.807, 2.05) is 26.0 Å². The molecule has 1 heterocycles. The van der Waals surface area contributed by atoms with Crippen LogP contribution < -0.4 is 9.47 Å². The van der Waals surface area contributed by atoms with Crippen LogP contribution in [-0.2, 0) is 11.4 Å². The Morgan fingerprint density at radius 1 is 1.18 bits per heavy atom. The molecule has 0 saturated heterocycles. The standard InChI is InChI=1S/C19H20Cl4N2O3/c1-3-12(2)28-24-10-13-4-5-14(25-13)11-27-19-16(20)8-15(9-17(19)21)26-7-6-18(22)23/h4-6,8-10,12,25H,3,7,11H2,1-2H3. The Labute approximate surface area is 184 Å². The zero-order valence-corrected chi connectivity index (χ0v) is 18.4. The van der Waals surface area contributed by atoms with Gasteiger partial charge in [-0.05, 0) is 31.6 Å². The van der Waals surface area contributed by atoms with E-state index >= 15 is 0 Å². The maximum atomic E-state index is 6.25. The molecule has 1 unspecified atom stereocenters. The van der Waals surface area contributed by atoms with Crippen molar-refractivity contribution in [3.63, 3.8) is 0 Å². The molecule has 0 amide bonds. The zero-order valence-electron chi connectivity index (χ0n) is 15.3. The summed E-state index contributed by atoms with van der Waals surface area (Å²) in [6.07, 6.45) is 4.09. The SMILES string of the molecule is CCC(C)ON=Cc1ccc(COc2c(Cl)cc(OCC=C(Cl)Cl)cc2Cl)[nH]1. The van der Waals surface area contributed by atoms with Gasteiger partial charge in [0, 0.05) is 12.1 Å². The fourth-order valence-corrected chi connectivity index (χ4v) is 2.70. The first kappa shape index (κ1) is 22.8. The lowest BCUT2D eigenvalue weighted by Gasteiger charge is -2.11. The molecule has 0 bridgehead atoms. The quantitative estimate of drug-likeness (QED) is 0.312. The van der Waals surface area contributed by atoms with E-state index in [0.29, 0.717) is 21.5 Å². The Hall–Kier alpha value is -1.53. The van der Waals surface area contributed by atoms with Crippen molar-refractivity contribution in [3.05, 3.63) is 56.3 Å². The summed E-state index contributed by atoms with van der Waals surface area (Å²) in [5.74, 6) is 0.847. The van der Waals surface area contributed by atoms with Crippen LogP contribution in [0.15, 0.2) is 40.0 Å². The predicted octanol–water partition coefficient (Wildman–Crippen LogP) is 6.75. The highest BCUT2D eigenvalue weighted by Gasteiger charge is 2.11. The van der Waals surface area contributed by atoms with Crippen molar-refractivity contribution in [1.82, 2.24) is 4.98 Å². The van der Waals surface area contributed by atoms with Crippen molar-refractivity contribution in [2.75, 3.05) is 6.61 Å². The van der Waals surface area contributed by atoms with E-state index in [1.54, 1.807) is 18.3 Å². The number of nitrogens with one attached hydrogen (secondary N) is 1. The molecule has 1 aromatic heterocycles. The van der Waals surface area contributed by atoms with Gasteiger partial charge in [-0.2, -0.15) is 0 Å². The molecule has 0 saturated carbocycles. The summed E-state index contributed by atoms with van der Waals surface area (Å²) in [7, 11) is 0. The molecule has 0 aliphatic heterocycles. The fraction of sp³-hybridized carbons (Fsp3) is 0.316. The highest BCUT2D eigenvalue weighted by atomic mass is 35.5. The lowest BCUT2D eigenvalue weighted by atomic mass is 10.3. The van der Waals surface area contributed by atoms with Crippen molar-refractivity contribution in [3.8, 4) is 11.5 Å². The molecule has 1 N–H and O–H groups in total. The van der Waals surface area contributed by atoms with E-state index in [2.05, 4.69) is 10.1 Å². The monoisotopic (exact) mass is 464 g/mol. The van der Waals surface area contributed by atoms with Gasteiger partial charge in [0.2, 0.25) is 0 Å². The van der Waals surface area contributed by atoms with Crippen LogP contribution in [0.3, 0.4) is 0 Å². The third-order valence-corrected chi connectivity index (χ3v) is 4.48. The topological polar surface area (TPSA) is 55.8 Å². The second-order valence-corrected chi connectivity index (χ2v) is 7.63. The molecule has 9 heteroatoms. The highest BCUT2D eigenvalue weighted by molar-refractivity contribution is 6.55.